The van der Waals surface area contributed by atoms with E-state index in [0.29, 0.717) is 0 Å². The molecule has 90 valence electrons. The first-order chi connectivity index (χ1) is 7.38. The van der Waals surface area contributed by atoms with E-state index in [1.165, 1.54) is 0 Å². The highest BCUT2D eigenvalue weighted by atomic mass is 16.6. The number of carboxylic acid groups (broad SMARTS) is 1. The second-order valence-electron chi connectivity index (χ2n) is 2.83. The molecule has 0 amide bonds. The lowest BCUT2D eigenvalue weighted by molar-refractivity contribution is -0.165. The van der Waals surface area contributed by atoms with E-state index in [1.807, 2.05) is 0 Å². The number of nitrogens with two attached hydrogens (primary N) is 1. The van der Waals surface area contributed by atoms with Gasteiger partial charge in [0.1, 0.15) is 12.6 Å². The molecule has 1 atom stereocenters. The average molecular weight is 233 g/mol. The van der Waals surface area contributed by atoms with Crippen molar-refractivity contribution >= 4 is 23.7 Å². The average Bonchev–Trinajstić information content (AvgIpc) is 2.24. The Morgan fingerprint density at radius 2 is 1.81 bits per heavy atom. The quantitative estimate of drug-likeness (QED) is 0.266. The first-order valence-corrected chi connectivity index (χ1v) is 4.25. The Labute approximate surface area is 90.0 Å². The van der Waals surface area contributed by atoms with Gasteiger partial charge in [0, 0.05) is 6.42 Å². The van der Waals surface area contributed by atoms with Crippen LogP contribution in [-0.4, -0.2) is 46.6 Å². The van der Waals surface area contributed by atoms with Crippen molar-refractivity contribution in [3.8, 4) is 0 Å². The first kappa shape index (κ1) is 14.2. The fourth-order valence-corrected chi connectivity index (χ4v) is 0.673. The van der Waals surface area contributed by atoms with Crippen molar-refractivity contribution in [3.63, 3.8) is 0 Å². The summed E-state index contributed by atoms with van der Waals surface area (Å²) >= 11 is 0. The number of hydrogen-bond acceptors (Lipinski definition) is 7. The van der Waals surface area contributed by atoms with E-state index in [2.05, 4.69) is 4.74 Å². The summed E-state index contributed by atoms with van der Waals surface area (Å²) in [4.78, 5) is 42.3. The summed E-state index contributed by atoms with van der Waals surface area (Å²) in [5.74, 6) is -5.08. The molecule has 4 N–H and O–H groups in total. The number of aliphatic hydroxyl groups is 1. The minimum absolute atomic E-state index is 0.214. The number of Topliss-reactive ketones (excluding diaryl/α,β-unsaturated/α-hetero) is 1. The Morgan fingerprint density at radius 3 is 2.25 bits per heavy atom. The summed E-state index contributed by atoms with van der Waals surface area (Å²) in [5, 5.41) is 16.6. The number of esters is 2. The van der Waals surface area contributed by atoms with Gasteiger partial charge >= 0.3 is 17.9 Å². The van der Waals surface area contributed by atoms with Crippen LogP contribution < -0.4 is 5.73 Å². The van der Waals surface area contributed by atoms with E-state index in [0.717, 1.165) is 0 Å². The van der Waals surface area contributed by atoms with Crippen LogP contribution in [0.25, 0.3) is 0 Å². The normalized spacial score (nSPS) is 11.6. The van der Waals surface area contributed by atoms with Gasteiger partial charge in [-0.25, -0.2) is 4.79 Å². The number of hydrogen-bond donors (Lipinski definition) is 3. The summed E-state index contributed by atoms with van der Waals surface area (Å²) in [5.41, 5.74) is 5.08. The molecule has 0 unspecified atom stereocenters. The number of ether oxygens (including phenoxy) is 1. The first-order valence-electron chi connectivity index (χ1n) is 4.25. The van der Waals surface area contributed by atoms with Crippen LogP contribution in [0.3, 0.4) is 0 Å². The van der Waals surface area contributed by atoms with E-state index in [-0.39, 0.29) is 6.42 Å². The lowest BCUT2D eigenvalue weighted by Gasteiger charge is -2.04. The van der Waals surface area contributed by atoms with Gasteiger partial charge in [0.2, 0.25) is 0 Å². The Hall–Kier alpha value is -1.80. The van der Waals surface area contributed by atoms with Gasteiger partial charge < -0.3 is 20.7 Å². The van der Waals surface area contributed by atoms with E-state index < -0.39 is 42.8 Å². The lowest BCUT2D eigenvalue weighted by Crippen LogP contribution is -2.31. The van der Waals surface area contributed by atoms with Gasteiger partial charge in [-0.05, 0) is 6.42 Å². The van der Waals surface area contributed by atoms with Crippen molar-refractivity contribution in [2.24, 2.45) is 5.73 Å². The molecule has 0 saturated carbocycles. The molecule has 0 spiro atoms. The number of aliphatic carboxylic acids is 1. The maximum absolute atomic E-state index is 10.9. The Morgan fingerprint density at radius 1 is 1.25 bits per heavy atom. The third-order valence-corrected chi connectivity index (χ3v) is 1.55. The zero-order valence-electron chi connectivity index (χ0n) is 8.21. The molecule has 0 fully saturated rings. The standard InChI is InChI=1S/C8H11NO7/c9-4(7(13)14)1-2-6(12)16-8(15)5(11)3-10/h4,10H,1-3,9H2,(H,13,14)/t4-/m0/s1. The number of carbonyl (C=O) groups excluding carboxylic acids is 3. The Bertz CT molecular complexity index is 312. The van der Waals surface area contributed by atoms with Crippen molar-refractivity contribution < 1.29 is 34.1 Å². The predicted octanol–water partition coefficient (Wildman–Crippen LogP) is -2.19. The minimum Gasteiger partial charge on any atom is -0.480 e. The molecule has 0 aromatic carbocycles. The lowest BCUT2D eigenvalue weighted by atomic mass is 10.2. The van der Waals surface area contributed by atoms with E-state index >= 15 is 0 Å². The van der Waals surface area contributed by atoms with Crippen molar-refractivity contribution in [2.75, 3.05) is 6.61 Å². The smallest absolute Gasteiger partial charge is 0.384 e. The zero-order valence-corrected chi connectivity index (χ0v) is 8.21. The van der Waals surface area contributed by atoms with Crippen molar-refractivity contribution in [1.82, 2.24) is 0 Å². The predicted molar refractivity (Wildman–Crippen MR) is 48.0 cm³/mol. The molecule has 0 rings (SSSR count). The molecule has 0 bridgehead atoms. The summed E-state index contributed by atoms with van der Waals surface area (Å²) in [6.45, 7) is -1.05. The molecule has 16 heavy (non-hydrogen) atoms. The second kappa shape index (κ2) is 6.64. The van der Waals surface area contributed by atoms with Gasteiger partial charge in [-0.1, -0.05) is 0 Å². The third-order valence-electron chi connectivity index (χ3n) is 1.55. The van der Waals surface area contributed by atoms with E-state index in [4.69, 9.17) is 15.9 Å². The second-order valence-corrected chi connectivity index (χ2v) is 2.83. The molecule has 0 aromatic heterocycles. The van der Waals surface area contributed by atoms with Gasteiger partial charge in [-0.15, -0.1) is 0 Å². The molecule has 0 saturated heterocycles. The van der Waals surface area contributed by atoms with Gasteiger partial charge in [-0.2, -0.15) is 0 Å². The van der Waals surface area contributed by atoms with E-state index in [1.54, 1.807) is 0 Å². The zero-order chi connectivity index (χ0) is 12.7. The van der Waals surface area contributed by atoms with Crippen molar-refractivity contribution in [3.05, 3.63) is 0 Å². The monoisotopic (exact) mass is 233 g/mol. The third kappa shape index (κ3) is 5.17. The largest absolute Gasteiger partial charge is 0.480 e. The number of aliphatic hydroxyl groups excluding tert-OH is 1. The molecule has 0 aliphatic heterocycles. The number of carbonyl (C=O) groups is 4. The van der Waals surface area contributed by atoms with Crippen LogP contribution in [0.1, 0.15) is 12.8 Å². The number of carboxylic acids is 1. The van der Waals surface area contributed by atoms with Gasteiger partial charge in [-0.3, -0.25) is 14.4 Å². The molecule has 0 radical (unpaired) electrons. The number of ketones is 1. The maximum atomic E-state index is 10.9. The van der Waals surface area contributed by atoms with Crippen LogP contribution in [0.4, 0.5) is 0 Å². The van der Waals surface area contributed by atoms with Crippen LogP contribution in [0, 0.1) is 0 Å². The van der Waals surface area contributed by atoms with Crippen molar-refractivity contribution in [2.45, 2.75) is 18.9 Å². The molecule has 8 heteroatoms. The molecule has 8 nitrogen and oxygen atoms in total. The van der Waals surface area contributed by atoms with Crippen molar-refractivity contribution in [1.29, 1.82) is 0 Å². The van der Waals surface area contributed by atoms with Crippen LogP contribution in [0.5, 0.6) is 0 Å². The summed E-state index contributed by atoms with van der Waals surface area (Å²) in [7, 11) is 0. The molecule has 0 heterocycles. The topological polar surface area (TPSA) is 144 Å². The fourth-order valence-electron chi connectivity index (χ4n) is 0.673. The molecular formula is C8H11NO7. The SMILES string of the molecule is N[C@@H](CCC(=O)OC(=O)C(=O)CO)C(=O)O. The molecular weight excluding hydrogens is 222 g/mol. The molecule has 0 aromatic rings. The van der Waals surface area contributed by atoms with Crippen LogP contribution >= 0.6 is 0 Å². The Kier molecular flexibility index (Phi) is 5.89. The molecule has 0 aliphatic rings. The van der Waals surface area contributed by atoms with Gasteiger partial charge in [0.15, 0.2) is 0 Å². The highest BCUT2D eigenvalue weighted by molar-refractivity contribution is 6.35. The Balaban J connectivity index is 3.96. The highest BCUT2D eigenvalue weighted by Crippen LogP contribution is 1.98. The number of rotatable bonds is 6. The summed E-state index contributed by atoms with van der Waals surface area (Å²) in [6.07, 6.45) is -0.618. The maximum Gasteiger partial charge on any atom is 0.384 e. The van der Waals surface area contributed by atoms with Crippen LogP contribution in [0.15, 0.2) is 0 Å². The highest BCUT2D eigenvalue weighted by Gasteiger charge is 2.20. The molecule has 0 aliphatic carbocycles. The van der Waals surface area contributed by atoms with Crippen LogP contribution in [0.2, 0.25) is 0 Å². The van der Waals surface area contributed by atoms with Gasteiger partial charge in [0.25, 0.3) is 5.78 Å². The summed E-state index contributed by atoms with van der Waals surface area (Å²) in [6, 6.07) is -1.24. The fraction of sp³-hybridized carbons (Fsp3) is 0.500. The van der Waals surface area contributed by atoms with Crippen LogP contribution in [-0.2, 0) is 23.9 Å². The minimum atomic E-state index is -1.48. The van der Waals surface area contributed by atoms with E-state index in [9.17, 15) is 19.2 Å². The summed E-state index contributed by atoms with van der Waals surface area (Å²) < 4.78 is 4.00. The van der Waals surface area contributed by atoms with Gasteiger partial charge in [0.05, 0.1) is 0 Å².